The van der Waals surface area contributed by atoms with Crippen molar-refractivity contribution in [2.75, 3.05) is 5.32 Å². The maximum atomic E-state index is 13.7. The van der Waals surface area contributed by atoms with Crippen LogP contribution in [0.15, 0.2) is 91.1 Å². The van der Waals surface area contributed by atoms with Crippen LogP contribution in [0.5, 0.6) is 0 Å². The molecule has 10 heteroatoms. The predicted octanol–water partition coefficient (Wildman–Crippen LogP) is 7.85. The average Bonchev–Trinajstić information content (AvgIpc) is 2.84. The van der Waals surface area contributed by atoms with Crippen molar-refractivity contribution in [3.8, 4) is 0 Å². The number of hydrogen-bond donors (Lipinski definition) is 2. The van der Waals surface area contributed by atoms with Gasteiger partial charge in [0, 0.05) is 28.9 Å². The summed E-state index contributed by atoms with van der Waals surface area (Å²) >= 11 is 12.5. The van der Waals surface area contributed by atoms with Crippen molar-refractivity contribution in [1.82, 2.24) is 10.3 Å². The molecule has 3 aromatic carbocycles. The molecule has 2 amide bonds. The van der Waals surface area contributed by atoms with Gasteiger partial charge in [0.05, 0.1) is 16.3 Å². The number of rotatable bonds is 6. The lowest BCUT2D eigenvalue weighted by Crippen LogP contribution is -2.51. The van der Waals surface area contributed by atoms with E-state index in [1.54, 1.807) is 30.3 Å². The molecule has 0 saturated heterocycles. The van der Waals surface area contributed by atoms with Crippen molar-refractivity contribution in [2.45, 2.75) is 18.1 Å². The zero-order chi connectivity index (χ0) is 26.6. The quantitative estimate of drug-likeness (QED) is 0.241. The highest BCUT2D eigenvalue weighted by Gasteiger charge is 2.41. The molecule has 0 fully saturated rings. The minimum Gasteiger partial charge on any atom is -0.322 e. The lowest BCUT2D eigenvalue weighted by atomic mass is 9.79. The molecule has 0 aliphatic heterocycles. The number of hydrogen-bond acceptors (Lipinski definition) is 2. The van der Waals surface area contributed by atoms with E-state index in [1.165, 1.54) is 36.5 Å². The molecule has 0 spiro atoms. The lowest BCUT2D eigenvalue weighted by Gasteiger charge is -2.36. The third kappa shape index (κ3) is 6.21. The first kappa shape index (κ1) is 26.4. The number of halogens is 6. The van der Waals surface area contributed by atoms with E-state index < -0.39 is 29.1 Å². The summed E-state index contributed by atoms with van der Waals surface area (Å²) in [5.41, 5.74) is -1.65. The molecular weight excluding hydrogens is 529 g/mol. The third-order valence-corrected chi connectivity index (χ3v) is 6.19. The first-order chi connectivity index (χ1) is 17.6. The number of benzene rings is 3. The van der Waals surface area contributed by atoms with Gasteiger partial charge in [-0.05, 0) is 54.1 Å². The minimum absolute atomic E-state index is 0.0138. The minimum atomic E-state index is -4.67. The number of carbonyl (C=O) groups excluding carboxylic acids is 1. The molecule has 2 N–H and O–H groups in total. The Morgan fingerprint density at radius 1 is 0.892 bits per heavy atom. The number of pyridine rings is 1. The fourth-order valence-corrected chi connectivity index (χ4v) is 4.37. The number of carbonyl (C=O) groups is 1. The van der Waals surface area contributed by atoms with Gasteiger partial charge in [0.1, 0.15) is 11.4 Å². The molecule has 4 aromatic rings. The molecule has 4 nitrogen and oxygen atoms in total. The van der Waals surface area contributed by atoms with E-state index in [2.05, 4.69) is 15.6 Å². The maximum absolute atomic E-state index is 13.7. The van der Waals surface area contributed by atoms with Crippen LogP contribution in [0.2, 0.25) is 10.0 Å². The number of anilines is 1. The van der Waals surface area contributed by atoms with Crippen LogP contribution in [-0.4, -0.2) is 11.0 Å². The Hall–Kier alpha value is -3.62. The Balaban J connectivity index is 1.92. The molecule has 0 radical (unpaired) electrons. The molecule has 1 atom stereocenters. The van der Waals surface area contributed by atoms with Crippen molar-refractivity contribution in [3.63, 3.8) is 0 Å². The highest BCUT2D eigenvalue weighted by atomic mass is 35.5. The van der Waals surface area contributed by atoms with E-state index in [-0.39, 0.29) is 33.4 Å². The van der Waals surface area contributed by atoms with E-state index in [1.807, 2.05) is 0 Å². The van der Waals surface area contributed by atoms with Gasteiger partial charge in [-0.3, -0.25) is 4.98 Å². The number of amides is 2. The highest BCUT2D eigenvalue weighted by Crippen LogP contribution is 2.40. The molecule has 0 aliphatic rings. The Bertz CT molecular complexity index is 1400. The fourth-order valence-electron chi connectivity index (χ4n) is 3.98. The summed E-state index contributed by atoms with van der Waals surface area (Å²) in [7, 11) is 0. The SMILES string of the molecule is O=C(Nc1cccc(F)c1)NC(Cc1ccccc1)(c1ccc(Cl)cn1)c1cc(C(F)(F)F)ccc1Cl. The number of aromatic nitrogens is 1. The molecule has 1 unspecified atom stereocenters. The number of alkyl halides is 3. The van der Waals surface area contributed by atoms with Crippen LogP contribution in [0.25, 0.3) is 0 Å². The molecule has 1 heterocycles. The molecular formula is C27H19Cl2F4N3O. The van der Waals surface area contributed by atoms with Crippen molar-refractivity contribution in [3.05, 3.63) is 129 Å². The topological polar surface area (TPSA) is 54.0 Å². The summed E-state index contributed by atoms with van der Waals surface area (Å²) in [6.07, 6.45) is -3.36. The van der Waals surface area contributed by atoms with Crippen LogP contribution in [0.1, 0.15) is 22.4 Å². The van der Waals surface area contributed by atoms with Gasteiger partial charge >= 0.3 is 12.2 Å². The summed E-state index contributed by atoms with van der Waals surface area (Å²) < 4.78 is 54.9. The molecule has 4 rings (SSSR count). The van der Waals surface area contributed by atoms with Crippen molar-refractivity contribution in [1.29, 1.82) is 0 Å². The number of nitrogens with one attached hydrogen (secondary N) is 2. The van der Waals surface area contributed by atoms with Gasteiger partial charge in [0.2, 0.25) is 0 Å². The summed E-state index contributed by atoms with van der Waals surface area (Å²) in [5.74, 6) is -0.575. The fraction of sp³-hybridized carbons (Fsp3) is 0.111. The molecule has 0 saturated carbocycles. The van der Waals surface area contributed by atoms with E-state index in [9.17, 15) is 22.4 Å². The maximum Gasteiger partial charge on any atom is 0.416 e. The normalized spacial score (nSPS) is 13.0. The van der Waals surface area contributed by atoms with Crippen LogP contribution in [0.3, 0.4) is 0 Å². The Kier molecular flexibility index (Phi) is 7.71. The van der Waals surface area contributed by atoms with Gasteiger partial charge in [-0.15, -0.1) is 0 Å². The largest absolute Gasteiger partial charge is 0.416 e. The zero-order valence-corrected chi connectivity index (χ0v) is 20.5. The molecule has 1 aromatic heterocycles. The number of urea groups is 1. The first-order valence-corrected chi connectivity index (χ1v) is 11.7. The second kappa shape index (κ2) is 10.8. The Morgan fingerprint density at radius 2 is 1.65 bits per heavy atom. The third-order valence-electron chi connectivity index (χ3n) is 5.64. The van der Waals surface area contributed by atoms with E-state index in [4.69, 9.17) is 23.2 Å². The van der Waals surface area contributed by atoms with Gasteiger partial charge in [-0.1, -0.05) is 59.6 Å². The Labute approximate surface area is 220 Å². The van der Waals surface area contributed by atoms with Crippen molar-refractivity contribution < 1.29 is 22.4 Å². The van der Waals surface area contributed by atoms with Gasteiger partial charge in [-0.25, -0.2) is 9.18 Å². The molecule has 0 aliphatic carbocycles. The van der Waals surface area contributed by atoms with Gasteiger partial charge in [-0.2, -0.15) is 13.2 Å². The molecule has 37 heavy (non-hydrogen) atoms. The summed E-state index contributed by atoms with van der Waals surface area (Å²) in [6.45, 7) is 0. The zero-order valence-electron chi connectivity index (χ0n) is 19.0. The monoisotopic (exact) mass is 547 g/mol. The second-order valence-electron chi connectivity index (χ2n) is 8.21. The van der Waals surface area contributed by atoms with E-state index >= 15 is 0 Å². The molecule has 0 bridgehead atoms. The standard InChI is InChI=1S/C27H19Cl2F4N3O/c28-19-10-12-24(34-16-19)26(15-17-5-2-1-3-6-17,22-13-18(27(31,32)33)9-11-23(22)29)36-25(37)35-21-8-4-7-20(30)14-21/h1-14,16H,15H2,(H2,35,36,37). The smallest absolute Gasteiger partial charge is 0.322 e. The van der Waals surface area contributed by atoms with Gasteiger partial charge in [0.15, 0.2) is 0 Å². The molecule has 190 valence electrons. The van der Waals surface area contributed by atoms with Crippen LogP contribution < -0.4 is 10.6 Å². The summed E-state index contributed by atoms with van der Waals surface area (Å²) in [6, 6.07) is 19.1. The average molecular weight is 548 g/mol. The summed E-state index contributed by atoms with van der Waals surface area (Å²) in [5, 5.41) is 5.59. The van der Waals surface area contributed by atoms with E-state index in [0.717, 1.165) is 24.3 Å². The van der Waals surface area contributed by atoms with Gasteiger partial charge < -0.3 is 10.6 Å². The van der Waals surface area contributed by atoms with Crippen molar-refractivity contribution >= 4 is 34.9 Å². The predicted molar refractivity (Wildman–Crippen MR) is 135 cm³/mol. The van der Waals surface area contributed by atoms with Crippen LogP contribution in [0.4, 0.5) is 28.0 Å². The Morgan fingerprint density at radius 3 is 2.30 bits per heavy atom. The van der Waals surface area contributed by atoms with Crippen LogP contribution in [-0.2, 0) is 18.1 Å². The highest BCUT2D eigenvalue weighted by molar-refractivity contribution is 6.31. The van der Waals surface area contributed by atoms with Crippen LogP contribution in [0, 0.1) is 5.82 Å². The van der Waals surface area contributed by atoms with Crippen molar-refractivity contribution in [2.24, 2.45) is 0 Å². The second-order valence-corrected chi connectivity index (χ2v) is 9.05. The van der Waals surface area contributed by atoms with E-state index in [0.29, 0.717) is 5.56 Å². The first-order valence-electron chi connectivity index (χ1n) is 10.9. The summed E-state index contributed by atoms with van der Waals surface area (Å²) in [4.78, 5) is 17.6. The lowest BCUT2D eigenvalue weighted by molar-refractivity contribution is -0.137. The number of nitrogens with zero attached hydrogens (tertiary/aromatic N) is 1. The van der Waals surface area contributed by atoms with Gasteiger partial charge in [0.25, 0.3) is 0 Å². The van der Waals surface area contributed by atoms with Crippen LogP contribution >= 0.6 is 23.2 Å².